The van der Waals surface area contributed by atoms with Crippen molar-refractivity contribution in [3.05, 3.63) is 35.4 Å². The molecule has 0 saturated heterocycles. The van der Waals surface area contributed by atoms with Crippen molar-refractivity contribution in [2.45, 2.75) is 46.0 Å². The van der Waals surface area contributed by atoms with Gasteiger partial charge in [0.1, 0.15) is 0 Å². The Morgan fingerprint density at radius 1 is 1.19 bits per heavy atom. The van der Waals surface area contributed by atoms with Crippen molar-refractivity contribution in [2.75, 3.05) is 5.33 Å². The molecule has 0 bridgehead atoms. The molecular formula is C15H23Br. The number of alkyl halides is 1. The average Bonchev–Trinajstić information content (AvgIpc) is 2.30. The molecule has 16 heavy (non-hydrogen) atoms. The van der Waals surface area contributed by atoms with Crippen LogP contribution in [-0.2, 0) is 6.42 Å². The highest BCUT2D eigenvalue weighted by atomic mass is 79.9. The molecule has 0 N–H and O–H groups in total. The fraction of sp³-hybridized carbons (Fsp3) is 0.600. The van der Waals surface area contributed by atoms with E-state index in [1.54, 1.807) is 0 Å². The highest BCUT2D eigenvalue weighted by Gasteiger charge is 2.09. The van der Waals surface area contributed by atoms with Crippen LogP contribution in [0.25, 0.3) is 0 Å². The summed E-state index contributed by atoms with van der Waals surface area (Å²) in [5, 5.41) is 1.13. The molecule has 90 valence electrons. The quantitative estimate of drug-likeness (QED) is 0.481. The third kappa shape index (κ3) is 4.69. The zero-order valence-corrected chi connectivity index (χ0v) is 12.1. The van der Waals surface area contributed by atoms with Crippen LogP contribution in [-0.4, -0.2) is 5.33 Å². The van der Waals surface area contributed by atoms with Gasteiger partial charge in [0, 0.05) is 5.33 Å². The molecule has 0 saturated carbocycles. The van der Waals surface area contributed by atoms with E-state index in [-0.39, 0.29) is 0 Å². The number of benzene rings is 1. The van der Waals surface area contributed by atoms with Crippen LogP contribution in [0.5, 0.6) is 0 Å². The minimum atomic E-state index is 0.799. The minimum absolute atomic E-state index is 0.799. The molecular weight excluding hydrogens is 260 g/mol. The molecule has 0 aromatic heterocycles. The van der Waals surface area contributed by atoms with Gasteiger partial charge in [-0.3, -0.25) is 0 Å². The summed E-state index contributed by atoms with van der Waals surface area (Å²) >= 11 is 3.65. The largest absolute Gasteiger partial charge is 0.0925 e. The minimum Gasteiger partial charge on any atom is -0.0925 e. The number of rotatable bonds is 7. The lowest BCUT2D eigenvalue weighted by Crippen LogP contribution is -2.07. The van der Waals surface area contributed by atoms with Gasteiger partial charge in [-0.25, -0.2) is 0 Å². The maximum Gasteiger partial charge on any atom is 0.00628 e. The maximum absolute atomic E-state index is 3.65. The molecule has 0 heterocycles. The maximum atomic E-state index is 3.65. The molecule has 0 spiro atoms. The van der Waals surface area contributed by atoms with Crippen LogP contribution in [0.2, 0.25) is 0 Å². The van der Waals surface area contributed by atoms with Gasteiger partial charge in [-0.1, -0.05) is 66.4 Å². The number of halogens is 1. The Morgan fingerprint density at radius 2 is 1.94 bits per heavy atom. The Balaban J connectivity index is 2.46. The molecule has 0 nitrogen and oxygen atoms in total. The van der Waals surface area contributed by atoms with Gasteiger partial charge in [-0.05, 0) is 36.8 Å². The van der Waals surface area contributed by atoms with Crippen molar-refractivity contribution in [2.24, 2.45) is 5.92 Å². The van der Waals surface area contributed by atoms with Crippen LogP contribution in [0.15, 0.2) is 24.3 Å². The van der Waals surface area contributed by atoms with Crippen molar-refractivity contribution in [3.63, 3.8) is 0 Å². The zero-order valence-electron chi connectivity index (χ0n) is 10.5. The van der Waals surface area contributed by atoms with Gasteiger partial charge in [0.25, 0.3) is 0 Å². The molecule has 1 unspecified atom stereocenters. The normalized spacial score (nSPS) is 12.7. The summed E-state index contributed by atoms with van der Waals surface area (Å²) in [6, 6.07) is 8.76. The third-order valence-corrected chi connectivity index (χ3v) is 4.12. The average molecular weight is 283 g/mol. The lowest BCUT2D eigenvalue weighted by Gasteiger charge is -2.15. The summed E-state index contributed by atoms with van der Waals surface area (Å²) < 4.78 is 0. The van der Waals surface area contributed by atoms with Crippen LogP contribution < -0.4 is 0 Å². The molecule has 0 fully saturated rings. The summed E-state index contributed by atoms with van der Waals surface area (Å²) in [6.07, 6.45) is 6.64. The molecule has 0 aliphatic carbocycles. The van der Waals surface area contributed by atoms with E-state index in [0.29, 0.717) is 0 Å². The van der Waals surface area contributed by atoms with Gasteiger partial charge in [0.2, 0.25) is 0 Å². The van der Waals surface area contributed by atoms with Gasteiger partial charge in [-0.2, -0.15) is 0 Å². The molecule has 1 heteroatoms. The number of hydrogen-bond acceptors (Lipinski definition) is 0. The van der Waals surface area contributed by atoms with Gasteiger partial charge < -0.3 is 0 Å². The van der Waals surface area contributed by atoms with Crippen molar-refractivity contribution < 1.29 is 0 Å². The first-order chi connectivity index (χ1) is 7.77. The summed E-state index contributed by atoms with van der Waals surface area (Å²) in [6.45, 7) is 4.48. The van der Waals surface area contributed by atoms with E-state index in [1.165, 1.54) is 43.2 Å². The van der Waals surface area contributed by atoms with Crippen LogP contribution in [0.1, 0.15) is 43.7 Å². The van der Waals surface area contributed by atoms with E-state index in [9.17, 15) is 0 Å². The first kappa shape index (κ1) is 13.8. The second-order valence-electron chi connectivity index (χ2n) is 4.65. The van der Waals surface area contributed by atoms with Crippen molar-refractivity contribution in [1.29, 1.82) is 0 Å². The molecule has 0 radical (unpaired) electrons. The summed E-state index contributed by atoms with van der Waals surface area (Å²) in [7, 11) is 0. The van der Waals surface area contributed by atoms with E-state index in [0.717, 1.165) is 11.2 Å². The lowest BCUT2D eigenvalue weighted by atomic mass is 9.93. The molecule has 1 atom stereocenters. The van der Waals surface area contributed by atoms with Crippen LogP contribution in [0, 0.1) is 12.8 Å². The van der Waals surface area contributed by atoms with Crippen molar-refractivity contribution in [3.8, 4) is 0 Å². The van der Waals surface area contributed by atoms with E-state index < -0.39 is 0 Å². The smallest absolute Gasteiger partial charge is 0.00628 e. The Bertz CT molecular complexity index is 293. The van der Waals surface area contributed by atoms with Crippen LogP contribution in [0.3, 0.4) is 0 Å². The molecule has 1 aromatic rings. The topological polar surface area (TPSA) is 0 Å². The lowest BCUT2D eigenvalue weighted by molar-refractivity contribution is 0.502. The summed E-state index contributed by atoms with van der Waals surface area (Å²) in [4.78, 5) is 0. The van der Waals surface area contributed by atoms with Crippen LogP contribution >= 0.6 is 15.9 Å². The van der Waals surface area contributed by atoms with E-state index in [1.807, 2.05) is 0 Å². The SMILES string of the molecule is CCCCCC(CBr)Cc1ccccc1C. The van der Waals surface area contributed by atoms with Crippen molar-refractivity contribution in [1.82, 2.24) is 0 Å². The predicted octanol–water partition coefficient (Wildman–Crippen LogP) is 5.13. The summed E-state index contributed by atoms with van der Waals surface area (Å²) in [5.41, 5.74) is 2.95. The predicted molar refractivity (Wildman–Crippen MR) is 76.3 cm³/mol. The highest BCUT2D eigenvalue weighted by molar-refractivity contribution is 9.09. The Kier molecular flexibility index (Phi) is 6.79. The van der Waals surface area contributed by atoms with Crippen LogP contribution in [0.4, 0.5) is 0 Å². The first-order valence-corrected chi connectivity index (χ1v) is 7.50. The molecule has 0 aliphatic rings. The molecule has 0 amide bonds. The van der Waals surface area contributed by atoms with Gasteiger partial charge in [0.15, 0.2) is 0 Å². The Hall–Kier alpha value is -0.300. The van der Waals surface area contributed by atoms with Gasteiger partial charge in [-0.15, -0.1) is 0 Å². The fourth-order valence-electron chi connectivity index (χ4n) is 2.07. The van der Waals surface area contributed by atoms with E-state index in [2.05, 4.69) is 54.0 Å². The monoisotopic (exact) mass is 282 g/mol. The first-order valence-electron chi connectivity index (χ1n) is 6.38. The third-order valence-electron chi connectivity index (χ3n) is 3.20. The summed E-state index contributed by atoms with van der Waals surface area (Å²) in [5.74, 6) is 0.799. The van der Waals surface area contributed by atoms with Gasteiger partial charge >= 0.3 is 0 Å². The second kappa shape index (κ2) is 7.89. The highest BCUT2D eigenvalue weighted by Crippen LogP contribution is 2.20. The van der Waals surface area contributed by atoms with E-state index in [4.69, 9.17) is 0 Å². The Morgan fingerprint density at radius 3 is 2.56 bits per heavy atom. The molecule has 1 rings (SSSR count). The number of hydrogen-bond donors (Lipinski definition) is 0. The standard InChI is InChI=1S/C15H23Br/c1-3-4-5-9-14(12-16)11-15-10-7-6-8-13(15)2/h6-8,10,14H,3-5,9,11-12H2,1-2H3. The molecule has 1 aromatic carbocycles. The van der Waals surface area contributed by atoms with Gasteiger partial charge in [0.05, 0.1) is 0 Å². The molecule has 0 aliphatic heterocycles. The van der Waals surface area contributed by atoms with Crippen molar-refractivity contribution >= 4 is 15.9 Å². The Labute approximate surface area is 109 Å². The second-order valence-corrected chi connectivity index (χ2v) is 5.29. The number of unbranched alkanes of at least 4 members (excludes halogenated alkanes) is 2. The fourth-order valence-corrected chi connectivity index (χ4v) is 2.62. The number of aryl methyl sites for hydroxylation is 1. The van der Waals surface area contributed by atoms with E-state index >= 15 is 0 Å². The zero-order chi connectivity index (χ0) is 11.8.